The highest BCUT2D eigenvalue weighted by atomic mass is 16.6. The number of hydrogen-bond acceptors (Lipinski definition) is 3. The maximum atomic E-state index is 10.7. The van der Waals surface area contributed by atoms with Crippen molar-refractivity contribution >= 4 is 28.5 Å². The third kappa shape index (κ3) is 3.10. The Kier molecular flexibility index (Phi) is 4.03. The van der Waals surface area contributed by atoms with E-state index >= 15 is 0 Å². The quantitative estimate of drug-likeness (QED) is 0.303. The van der Waals surface area contributed by atoms with E-state index in [1.165, 1.54) is 12.1 Å². The first-order valence-electron chi connectivity index (χ1n) is 8.16. The number of fused-ring (bicyclic) bond motifs is 1. The average molecular weight is 341 g/mol. The van der Waals surface area contributed by atoms with Crippen LogP contribution in [0.4, 0.5) is 11.4 Å². The van der Waals surface area contributed by atoms with Crippen LogP contribution in [0.15, 0.2) is 84.0 Å². The molecule has 0 amide bonds. The van der Waals surface area contributed by atoms with Crippen LogP contribution in [0, 0.1) is 10.1 Å². The standard InChI is InChI=1S/C21H15N3O2/c25-24(26)19-11-7-16(8-12-19)15-5-9-18(10-6-15)22-13-17-14-23-21-4-2-1-3-20(17)21/h1-14,23H. The zero-order valence-electron chi connectivity index (χ0n) is 13.8. The number of aromatic amines is 1. The molecule has 1 N–H and O–H groups in total. The summed E-state index contributed by atoms with van der Waals surface area (Å²) >= 11 is 0. The van der Waals surface area contributed by atoms with E-state index < -0.39 is 4.92 Å². The molecule has 0 bridgehead atoms. The number of non-ortho nitro benzene ring substituents is 1. The number of hydrogen-bond donors (Lipinski definition) is 1. The van der Waals surface area contributed by atoms with Gasteiger partial charge < -0.3 is 4.98 Å². The van der Waals surface area contributed by atoms with Gasteiger partial charge >= 0.3 is 0 Å². The van der Waals surface area contributed by atoms with Gasteiger partial charge in [0, 0.05) is 41.0 Å². The van der Waals surface area contributed by atoms with E-state index in [1.54, 1.807) is 12.1 Å². The molecule has 0 radical (unpaired) electrons. The number of H-pyrrole nitrogens is 1. The molecule has 0 saturated heterocycles. The molecule has 0 aliphatic carbocycles. The van der Waals surface area contributed by atoms with Gasteiger partial charge in [-0.1, -0.05) is 30.3 Å². The van der Waals surface area contributed by atoms with Crippen LogP contribution in [0.1, 0.15) is 5.56 Å². The summed E-state index contributed by atoms with van der Waals surface area (Å²) in [6.07, 6.45) is 3.79. The minimum absolute atomic E-state index is 0.0914. The van der Waals surface area contributed by atoms with Crippen LogP contribution in [-0.4, -0.2) is 16.1 Å². The van der Waals surface area contributed by atoms with Crippen LogP contribution in [0.5, 0.6) is 0 Å². The smallest absolute Gasteiger partial charge is 0.269 e. The van der Waals surface area contributed by atoms with Crippen LogP contribution in [0.3, 0.4) is 0 Å². The summed E-state index contributed by atoms with van der Waals surface area (Å²) in [4.78, 5) is 18.1. The van der Waals surface area contributed by atoms with Crippen LogP contribution < -0.4 is 0 Å². The lowest BCUT2D eigenvalue weighted by Crippen LogP contribution is -1.87. The Morgan fingerprint density at radius 2 is 1.54 bits per heavy atom. The first kappa shape index (κ1) is 15.8. The molecule has 4 rings (SSSR count). The summed E-state index contributed by atoms with van der Waals surface area (Å²) in [6.45, 7) is 0. The van der Waals surface area contributed by atoms with Crippen LogP contribution in [-0.2, 0) is 0 Å². The molecule has 0 unspecified atom stereocenters. The number of para-hydroxylation sites is 1. The van der Waals surface area contributed by atoms with Gasteiger partial charge in [-0.3, -0.25) is 15.1 Å². The third-order valence-electron chi connectivity index (χ3n) is 4.25. The number of nitrogens with zero attached hydrogens (tertiary/aromatic N) is 2. The highest BCUT2D eigenvalue weighted by molar-refractivity contribution is 5.99. The molecule has 0 saturated carbocycles. The molecule has 0 spiro atoms. The van der Waals surface area contributed by atoms with Crippen molar-refractivity contribution in [1.29, 1.82) is 0 Å². The van der Waals surface area contributed by atoms with Gasteiger partial charge in [-0.15, -0.1) is 0 Å². The molecule has 4 aromatic rings. The second-order valence-corrected chi connectivity index (χ2v) is 5.90. The van der Waals surface area contributed by atoms with Crippen molar-refractivity contribution in [3.05, 3.63) is 94.7 Å². The number of benzene rings is 3. The molecular weight excluding hydrogens is 326 g/mol. The molecular formula is C21H15N3O2. The molecule has 26 heavy (non-hydrogen) atoms. The summed E-state index contributed by atoms with van der Waals surface area (Å²) in [5.74, 6) is 0. The topological polar surface area (TPSA) is 71.3 Å². The predicted molar refractivity (Wildman–Crippen MR) is 104 cm³/mol. The van der Waals surface area contributed by atoms with Gasteiger partial charge in [-0.2, -0.15) is 0 Å². The fraction of sp³-hybridized carbons (Fsp3) is 0. The van der Waals surface area contributed by atoms with Crippen molar-refractivity contribution in [2.45, 2.75) is 0 Å². The number of aromatic nitrogens is 1. The average Bonchev–Trinajstić information content (AvgIpc) is 3.10. The number of nitro benzene ring substituents is 1. The molecule has 3 aromatic carbocycles. The summed E-state index contributed by atoms with van der Waals surface area (Å²) in [5.41, 5.74) is 4.99. The van der Waals surface area contributed by atoms with E-state index in [4.69, 9.17) is 0 Å². The first-order chi connectivity index (χ1) is 12.7. The summed E-state index contributed by atoms with van der Waals surface area (Å²) in [6, 6.07) is 22.4. The van der Waals surface area contributed by atoms with Crippen LogP contribution in [0.2, 0.25) is 0 Å². The lowest BCUT2D eigenvalue weighted by Gasteiger charge is -2.02. The Morgan fingerprint density at radius 1 is 0.885 bits per heavy atom. The maximum Gasteiger partial charge on any atom is 0.269 e. The van der Waals surface area contributed by atoms with Gasteiger partial charge in [0.05, 0.1) is 10.6 Å². The SMILES string of the molecule is O=[N+]([O-])c1ccc(-c2ccc(N=Cc3c[nH]c4ccccc34)cc2)cc1. The van der Waals surface area contributed by atoms with E-state index in [9.17, 15) is 10.1 Å². The van der Waals surface area contributed by atoms with E-state index in [-0.39, 0.29) is 5.69 Å². The Morgan fingerprint density at radius 3 is 2.23 bits per heavy atom. The van der Waals surface area contributed by atoms with Crippen molar-refractivity contribution in [2.24, 2.45) is 4.99 Å². The minimum Gasteiger partial charge on any atom is -0.361 e. The lowest BCUT2D eigenvalue weighted by molar-refractivity contribution is -0.384. The van der Waals surface area contributed by atoms with E-state index in [0.29, 0.717) is 0 Å². The maximum absolute atomic E-state index is 10.7. The fourth-order valence-electron chi connectivity index (χ4n) is 2.86. The van der Waals surface area contributed by atoms with Crippen LogP contribution >= 0.6 is 0 Å². The highest BCUT2D eigenvalue weighted by Gasteiger charge is 2.05. The van der Waals surface area contributed by atoms with Gasteiger partial charge in [-0.05, 0) is 41.5 Å². The zero-order chi connectivity index (χ0) is 17.9. The van der Waals surface area contributed by atoms with Gasteiger partial charge in [-0.25, -0.2) is 0 Å². The lowest BCUT2D eigenvalue weighted by atomic mass is 10.1. The fourth-order valence-corrected chi connectivity index (χ4v) is 2.86. The molecule has 126 valence electrons. The molecule has 1 aromatic heterocycles. The molecule has 0 atom stereocenters. The Bertz CT molecular complexity index is 1090. The molecule has 5 nitrogen and oxygen atoms in total. The largest absolute Gasteiger partial charge is 0.361 e. The monoisotopic (exact) mass is 341 g/mol. The number of aliphatic imine (C=N–C) groups is 1. The summed E-state index contributed by atoms with van der Waals surface area (Å²) in [5, 5.41) is 11.9. The minimum atomic E-state index is -0.397. The third-order valence-corrected chi connectivity index (χ3v) is 4.25. The van der Waals surface area contributed by atoms with Crippen LogP contribution in [0.25, 0.3) is 22.0 Å². The van der Waals surface area contributed by atoms with Crippen molar-refractivity contribution in [1.82, 2.24) is 4.98 Å². The van der Waals surface area contributed by atoms with Gasteiger partial charge in [0.1, 0.15) is 0 Å². The zero-order valence-corrected chi connectivity index (χ0v) is 13.8. The number of nitrogens with one attached hydrogen (secondary N) is 1. The van der Waals surface area contributed by atoms with Gasteiger partial charge in [0.2, 0.25) is 0 Å². The summed E-state index contributed by atoms with van der Waals surface area (Å²) < 4.78 is 0. The van der Waals surface area contributed by atoms with Crippen molar-refractivity contribution in [2.75, 3.05) is 0 Å². The molecule has 0 fully saturated rings. The second-order valence-electron chi connectivity index (χ2n) is 5.90. The molecule has 1 heterocycles. The second kappa shape index (κ2) is 6.64. The molecule has 0 aliphatic rings. The van der Waals surface area contributed by atoms with Crippen molar-refractivity contribution < 1.29 is 4.92 Å². The Labute approximate surface area is 149 Å². The predicted octanol–water partition coefficient (Wildman–Crippen LogP) is 5.49. The van der Waals surface area contributed by atoms with E-state index in [2.05, 4.69) is 16.0 Å². The Balaban J connectivity index is 1.55. The number of rotatable bonds is 4. The normalized spacial score (nSPS) is 11.2. The number of nitro groups is 1. The molecule has 0 aliphatic heterocycles. The van der Waals surface area contributed by atoms with Crippen molar-refractivity contribution in [3.8, 4) is 11.1 Å². The van der Waals surface area contributed by atoms with Crippen molar-refractivity contribution in [3.63, 3.8) is 0 Å². The highest BCUT2D eigenvalue weighted by Crippen LogP contribution is 2.25. The Hall–Kier alpha value is -3.73. The van der Waals surface area contributed by atoms with E-state index in [0.717, 1.165) is 33.3 Å². The van der Waals surface area contributed by atoms with E-state index in [1.807, 2.05) is 54.9 Å². The molecule has 5 heteroatoms. The first-order valence-corrected chi connectivity index (χ1v) is 8.16. The van der Waals surface area contributed by atoms with Gasteiger partial charge in [0.25, 0.3) is 5.69 Å². The summed E-state index contributed by atoms with van der Waals surface area (Å²) in [7, 11) is 0. The van der Waals surface area contributed by atoms with Gasteiger partial charge in [0.15, 0.2) is 0 Å².